The topological polar surface area (TPSA) is 54.0 Å². The van der Waals surface area contributed by atoms with Gasteiger partial charge in [0, 0.05) is 11.4 Å². The van der Waals surface area contributed by atoms with Gasteiger partial charge in [-0.3, -0.25) is 4.79 Å². The summed E-state index contributed by atoms with van der Waals surface area (Å²) in [7, 11) is 2.93. The number of ether oxygens (including phenoxy) is 4. The molecule has 0 radical (unpaired) electrons. The molecule has 0 aromatic heterocycles. The number of carbonyl (C=O) groups excluding carboxylic acids is 1. The predicted octanol–water partition coefficient (Wildman–Crippen LogP) is 2.21. The molecule has 2 aromatic carbocycles. The van der Waals surface area contributed by atoms with Crippen LogP contribution in [0.5, 0.6) is 23.0 Å². The Bertz CT molecular complexity index is 847. The van der Waals surface area contributed by atoms with Crippen LogP contribution in [0.25, 0.3) is 0 Å². The van der Waals surface area contributed by atoms with Gasteiger partial charge in [0.15, 0.2) is 5.52 Å². The first kappa shape index (κ1) is 26.4. The number of carbonyl (C=O) groups is 1. The largest absolute Gasteiger partial charge is 1.00 e. The molecule has 158 valence electrons. The summed E-state index contributed by atoms with van der Waals surface area (Å²) in [4.78, 5) is 13.2. The van der Waals surface area contributed by atoms with Crippen LogP contribution in [0.4, 0.5) is 0 Å². The van der Waals surface area contributed by atoms with Gasteiger partial charge < -0.3 is 18.9 Å². The number of methoxy groups -OCH3 is 2. The van der Waals surface area contributed by atoms with Gasteiger partial charge in [0.2, 0.25) is 0 Å². The second-order valence-corrected chi connectivity index (χ2v) is 9.82. The van der Waals surface area contributed by atoms with Crippen LogP contribution in [0.15, 0.2) is 36.4 Å². The molecule has 30 heavy (non-hydrogen) atoms. The molecular formula is C23H31LiO5P+. The standard InChI is InChI=1S/C23H31O5P.Li/c1-22(2,3)27-15-12-13-19(18(14-15)28-23(4,5)6)29-21(24)20-16(25-7)10-9-11-17(20)26-8;/h9-14,29H,1-8H3;/q;+1. The molecule has 0 spiro atoms. The molecule has 2 aromatic rings. The second kappa shape index (κ2) is 10.6. The van der Waals surface area contributed by atoms with Crippen molar-refractivity contribution in [3.8, 4) is 23.0 Å². The molecule has 0 aliphatic rings. The first-order valence-corrected chi connectivity index (χ1v) is 10.5. The van der Waals surface area contributed by atoms with Crippen LogP contribution in [-0.4, -0.2) is 30.9 Å². The van der Waals surface area contributed by atoms with Gasteiger partial charge in [-0.25, -0.2) is 0 Å². The average molecular weight is 425 g/mol. The normalized spacial score (nSPS) is 11.7. The third kappa shape index (κ3) is 7.55. The molecule has 0 heterocycles. The molecule has 0 N–H and O–H groups in total. The van der Waals surface area contributed by atoms with Crippen LogP contribution in [0.3, 0.4) is 0 Å². The van der Waals surface area contributed by atoms with Crippen LogP contribution in [0, 0.1) is 0 Å². The summed E-state index contributed by atoms with van der Waals surface area (Å²) in [5.41, 5.74) is -0.385. The van der Waals surface area contributed by atoms with Crippen molar-refractivity contribution >= 4 is 19.4 Å². The van der Waals surface area contributed by atoms with Crippen LogP contribution in [-0.2, 0) is 0 Å². The van der Waals surface area contributed by atoms with E-state index in [0.717, 1.165) is 5.30 Å². The van der Waals surface area contributed by atoms with Crippen molar-refractivity contribution in [1.29, 1.82) is 0 Å². The molecule has 0 saturated carbocycles. The van der Waals surface area contributed by atoms with Crippen molar-refractivity contribution in [2.45, 2.75) is 52.7 Å². The summed E-state index contributed by atoms with van der Waals surface area (Å²) in [5, 5.41) is 0.805. The summed E-state index contributed by atoms with van der Waals surface area (Å²) in [6.07, 6.45) is 0. The van der Waals surface area contributed by atoms with Crippen molar-refractivity contribution < 1.29 is 42.6 Å². The minimum atomic E-state index is -0.412. The number of benzene rings is 2. The van der Waals surface area contributed by atoms with E-state index in [1.54, 1.807) is 32.4 Å². The first-order chi connectivity index (χ1) is 13.4. The average Bonchev–Trinajstić information content (AvgIpc) is 2.60. The maximum Gasteiger partial charge on any atom is 1.00 e. The van der Waals surface area contributed by atoms with E-state index in [4.69, 9.17) is 18.9 Å². The molecule has 0 aliphatic heterocycles. The maximum atomic E-state index is 13.2. The van der Waals surface area contributed by atoms with E-state index in [9.17, 15) is 4.79 Å². The Morgan fingerprint density at radius 1 is 0.800 bits per heavy atom. The Hall–Kier alpha value is -1.66. The van der Waals surface area contributed by atoms with Crippen molar-refractivity contribution in [3.05, 3.63) is 42.0 Å². The first-order valence-electron chi connectivity index (χ1n) is 9.48. The molecule has 7 heteroatoms. The van der Waals surface area contributed by atoms with Gasteiger partial charge in [-0.1, -0.05) is 6.07 Å². The molecule has 0 bridgehead atoms. The Morgan fingerprint density at radius 2 is 1.33 bits per heavy atom. The molecule has 1 unspecified atom stereocenters. The number of hydrogen-bond acceptors (Lipinski definition) is 5. The predicted molar refractivity (Wildman–Crippen MR) is 119 cm³/mol. The third-order valence-electron chi connectivity index (χ3n) is 3.70. The van der Waals surface area contributed by atoms with Crippen LogP contribution in [0.1, 0.15) is 51.9 Å². The van der Waals surface area contributed by atoms with E-state index in [0.29, 0.717) is 28.6 Å². The van der Waals surface area contributed by atoms with Gasteiger partial charge >= 0.3 is 18.9 Å². The molecule has 5 nitrogen and oxygen atoms in total. The fourth-order valence-corrected chi connectivity index (χ4v) is 3.73. The Balaban J connectivity index is 0.00000450. The quantitative estimate of drug-likeness (QED) is 0.503. The summed E-state index contributed by atoms with van der Waals surface area (Å²) in [5.74, 6) is 2.33. The van der Waals surface area contributed by atoms with E-state index >= 15 is 0 Å². The van der Waals surface area contributed by atoms with E-state index in [2.05, 4.69) is 0 Å². The molecule has 0 saturated heterocycles. The summed E-state index contributed by atoms with van der Waals surface area (Å²) >= 11 is 0. The monoisotopic (exact) mass is 425 g/mol. The zero-order valence-electron chi connectivity index (χ0n) is 19.5. The molecular weight excluding hydrogens is 394 g/mol. The molecule has 0 aliphatic carbocycles. The van der Waals surface area contributed by atoms with Gasteiger partial charge in [0.05, 0.1) is 14.2 Å². The van der Waals surface area contributed by atoms with Crippen LogP contribution >= 0.6 is 8.58 Å². The van der Waals surface area contributed by atoms with Crippen molar-refractivity contribution in [1.82, 2.24) is 0 Å². The minimum absolute atomic E-state index is 0. The summed E-state index contributed by atoms with van der Waals surface area (Å²) in [6.45, 7) is 11.9. The summed E-state index contributed by atoms with van der Waals surface area (Å²) in [6, 6.07) is 10.9. The van der Waals surface area contributed by atoms with Crippen molar-refractivity contribution in [2.24, 2.45) is 0 Å². The number of rotatable bonds is 7. The van der Waals surface area contributed by atoms with Gasteiger partial charge in [-0.05, 0) is 74.4 Å². The maximum absolute atomic E-state index is 13.2. The SMILES string of the molecule is COc1cccc(OC)c1C(=O)Pc1ccc(OC(C)(C)C)cc1OC(C)(C)C.[Li+]. The third-order valence-corrected chi connectivity index (χ3v) is 4.86. The zero-order valence-corrected chi connectivity index (χ0v) is 20.5. The number of hydrogen-bond donors (Lipinski definition) is 0. The van der Waals surface area contributed by atoms with Crippen molar-refractivity contribution in [3.63, 3.8) is 0 Å². The molecule has 0 fully saturated rings. The smallest absolute Gasteiger partial charge is 0.496 e. The van der Waals surface area contributed by atoms with Gasteiger partial charge in [0.25, 0.3) is 0 Å². The van der Waals surface area contributed by atoms with E-state index < -0.39 is 5.60 Å². The van der Waals surface area contributed by atoms with Crippen molar-refractivity contribution in [2.75, 3.05) is 14.2 Å². The van der Waals surface area contributed by atoms with E-state index in [1.165, 1.54) is 0 Å². The fraction of sp³-hybridized carbons (Fsp3) is 0.435. The van der Waals surface area contributed by atoms with E-state index in [-0.39, 0.29) is 38.6 Å². The Morgan fingerprint density at radius 3 is 1.80 bits per heavy atom. The Kier molecular flexibility index (Phi) is 9.30. The van der Waals surface area contributed by atoms with E-state index in [1.807, 2.05) is 59.7 Å². The Labute approximate surface area is 193 Å². The zero-order chi connectivity index (χ0) is 21.8. The van der Waals surface area contributed by atoms with Gasteiger partial charge in [0.1, 0.15) is 39.8 Å². The molecule has 1 atom stereocenters. The summed E-state index contributed by atoms with van der Waals surface area (Å²) < 4.78 is 22.9. The second-order valence-electron chi connectivity index (χ2n) is 8.58. The molecule has 2 rings (SSSR count). The van der Waals surface area contributed by atoms with Gasteiger partial charge in [-0.2, -0.15) is 0 Å². The molecule has 0 amide bonds. The van der Waals surface area contributed by atoms with Crippen LogP contribution in [0.2, 0.25) is 0 Å². The van der Waals surface area contributed by atoms with Crippen LogP contribution < -0.4 is 43.1 Å². The van der Waals surface area contributed by atoms with Gasteiger partial charge in [-0.15, -0.1) is 0 Å². The minimum Gasteiger partial charge on any atom is -0.496 e. The fourth-order valence-electron chi connectivity index (χ4n) is 2.70.